The van der Waals surface area contributed by atoms with Gasteiger partial charge in [0.2, 0.25) is 5.75 Å². The molecule has 248 valence electrons. The van der Waals surface area contributed by atoms with Crippen molar-refractivity contribution in [2.75, 3.05) is 32.8 Å². The third kappa shape index (κ3) is 6.47. The monoisotopic (exact) mass is 670 g/mol. The van der Waals surface area contributed by atoms with Gasteiger partial charge in [-0.1, -0.05) is 54.3 Å². The van der Waals surface area contributed by atoms with Crippen LogP contribution in [0.15, 0.2) is 78.9 Å². The zero-order valence-electron chi connectivity index (χ0n) is 27.1. The maximum atomic E-state index is 13.9. The topological polar surface area (TPSA) is 134 Å². The standard InChI is InChI=1S/C36H34N2O9S/c1-7-15-46-35(42)33-21(3)37-36(48-33)38-29(24-17-26(43-4)32(45-6)27(18-24)44-5)28(31(40)34(38)41)30(39)23-13-14-25(20(2)16-23)47-19-22-11-9-8-10-12-22/h7-14,16-18,29,39H,1,15,19H2,2-6H3/b30-28-. The van der Waals surface area contributed by atoms with E-state index in [1.54, 1.807) is 37.3 Å². The van der Waals surface area contributed by atoms with Crippen LogP contribution in [0.2, 0.25) is 0 Å². The molecular formula is C36H34N2O9S. The van der Waals surface area contributed by atoms with Gasteiger partial charge in [0.05, 0.1) is 38.6 Å². The van der Waals surface area contributed by atoms with Crippen LogP contribution in [0.5, 0.6) is 23.0 Å². The second-order valence-electron chi connectivity index (χ2n) is 10.7. The van der Waals surface area contributed by atoms with Crippen LogP contribution >= 0.6 is 11.3 Å². The number of ketones is 1. The molecule has 1 aromatic heterocycles. The lowest BCUT2D eigenvalue weighted by Gasteiger charge is -2.24. The first-order chi connectivity index (χ1) is 23.1. The van der Waals surface area contributed by atoms with Crippen molar-refractivity contribution in [3.8, 4) is 23.0 Å². The summed E-state index contributed by atoms with van der Waals surface area (Å²) in [7, 11) is 4.33. The van der Waals surface area contributed by atoms with Gasteiger partial charge in [-0.3, -0.25) is 14.5 Å². The largest absolute Gasteiger partial charge is 0.507 e. The van der Waals surface area contributed by atoms with E-state index < -0.39 is 29.5 Å². The van der Waals surface area contributed by atoms with Gasteiger partial charge in [0, 0.05) is 5.56 Å². The number of hydrogen-bond acceptors (Lipinski definition) is 11. The first-order valence-corrected chi connectivity index (χ1v) is 15.6. The molecule has 0 radical (unpaired) electrons. The number of carbonyl (C=O) groups is 3. The summed E-state index contributed by atoms with van der Waals surface area (Å²) in [4.78, 5) is 46.2. The third-order valence-electron chi connectivity index (χ3n) is 7.64. The molecule has 1 atom stereocenters. The maximum Gasteiger partial charge on any atom is 0.350 e. The molecule has 1 N–H and O–H groups in total. The van der Waals surface area contributed by atoms with Crippen LogP contribution in [0.1, 0.15) is 43.7 Å². The van der Waals surface area contributed by atoms with Gasteiger partial charge in [-0.25, -0.2) is 9.78 Å². The van der Waals surface area contributed by atoms with Crippen molar-refractivity contribution in [2.24, 2.45) is 0 Å². The number of anilines is 1. The van der Waals surface area contributed by atoms with Crippen LogP contribution < -0.4 is 23.8 Å². The van der Waals surface area contributed by atoms with Crippen LogP contribution in [0.25, 0.3) is 5.76 Å². The number of aliphatic hydroxyl groups excluding tert-OH is 1. The second-order valence-corrected chi connectivity index (χ2v) is 11.7. The molecule has 11 nitrogen and oxygen atoms in total. The third-order valence-corrected chi connectivity index (χ3v) is 8.78. The minimum Gasteiger partial charge on any atom is -0.507 e. The highest BCUT2D eigenvalue weighted by atomic mass is 32.1. The number of carbonyl (C=O) groups excluding carboxylic acids is 3. The Kier molecular flexibility index (Phi) is 10.1. The molecule has 4 aromatic rings. The van der Waals surface area contributed by atoms with E-state index in [1.807, 2.05) is 37.3 Å². The SMILES string of the molecule is C=CCOC(=O)c1sc(N2C(=O)C(=O)/C(=C(\O)c3ccc(OCc4ccccc4)c(C)c3)C2c2cc(OC)c(OC)c(OC)c2)nc1C. The summed E-state index contributed by atoms with van der Waals surface area (Å²) in [5.74, 6) is -1.56. The molecule has 3 aromatic carbocycles. The Morgan fingerprint density at radius 1 is 0.979 bits per heavy atom. The van der Waals surface area contributed by atoms with E-state index in [4.69, 9.17) is 23.7 Å². The molecular weight excluding hydrogens is 636 g/mol. The van der Waals surface area contributed by atoms with E-state index in [9.17, 15) is 19.5 Å². The molecule has 1 aliphatic rings. The number of rotatable bonds is 12. The number of benzene rings is 3. The Morgan fingerprint density at radius 3 is 2.27 bits per heavy atom. The highest BCUT2D eigenvalue weighted by Crippen LogP contribution is 2.48. The first kappa shape index (κ1) is 33.7. The van der Waals surface area contributed by atoms with Gasteiger partial charge >= 0.3 is 11.9 Å². The van der Waals surface area contributed by atoms with Crippen molar-refractivity contribution in [2.45, 2.75) is 26.5 Å². The van der Waals surface area contributed by atoms with Gasteiger partial charge in [0.25, 0.3) is 5.78 Å². The van der Waals surface area contributed by atoms with Gasteiger partial charge in [-0.05, 0) is 60.9 Å². The summed E-state index contributed by atoms with van der Waals surface area (Å²) in [5, 5.41) is 11.8. The van der Waals surface area contributed by atoms with Crippen LogP contribution in [-0.2, 0) is 20.9 Å². The second kappa shape index (κ2) is 14.4. The van der Waals surface area contributed by atoms with E-state index in [0.29, 0.717) is 40.5 Å². The van der Waals surface area contributed by atoms with Gasteiger partial charge in [-0.2, -0.15) is 0 Å². The van der Waals surface area contributed by atoms with E-state index in [2.05, 4.69) is 11.6 Å². The number of Topliss-reactive ketones (excluding diaryl/α,β-unsaturated/α-hetero) is 1. The summed E-state index contributed by atoms with van der Waals surface area (Å²) < 4.78 is 27.8. The number of thiazole rings is 1. The first-order valence-electron chi connectivity index (χ1n) is 14.8. The van der Waals surface area contributed by atoms with E-state index in [1.165, 1.54) is 27.4 Å². The normalized spacial score (nSPS) is 15.3. The van der Waals surface area contributed by atoms with Crippen molar-refractivity contribution < 1.29 is 43.2 Å². The fourth-order valence-corrected chi connectivity index (χ4v) is 6.32. The molecule has 1 amide bonds. The van der Waals surface area contributed by atoms with Gasteiger partial charge in [0.15, 0.2) is 16.6 Å². The van der Waals surface area contributed by atoms with Crippen LogP contribution in [-0.4, -0.2) is 55.7 Å². The Labute approximate surface area is 281 Å². The van der Waals surface area contributed by atoms with E-state index in [0.717, 1.165) is 21.8 Å². The summed E-state index contributed by atoms with van der Waals surface area (Å²) in [6.45, 7) is 7.30. The number of esters is 1. The smallest absolute Gasteiger partial charge is 0.350 e. The fraction of sp³-hybridized carbons (Fsp3) is 0.222. The number of aliphatic hydroxyl groups is 1. The number of aromatic nitrogens is 1. The molecule has 1 aliphatic heterocycles. The van der Waals surface area contributed by atoms with Crippen LogP contribution in [0.4, 0.5) is 5.13 Å². The molecule has 0 saturated carbocycles. The van der Waals surface area contributed by atoms with Crippen LogP contribution in [0, 0.1) is 13.8 Å². The molecule has 12 heteroatoms. The highest BCUT2D eigenvalue weighted by molar-refractivity contribution is 7.17. The predicted octanol–water partition coefficient (Wildman–Crippen LogP) is 6.33. The van der Waals surface area contributed by atoms with E-state index in [-0.39, 0.29) is 33.7 Å². The summed E-state index contributed by atoms with van der Waals surface area (Å²) in [6.07, 6.45) is 1.43. The summed E-state index contributed by atoms with van der Waals surface area (Å²) in [6, 6.07) is 16.6. The minimum atomic E-state index is -1.20. The Balaban J connectivity index is 1.64. The number of amides is 1. The van der Waals surface area contributed by atoms with Gasteiger partial charge in [-0.15, -0.1) is 0 Å². The molecule has 0 bridgehead atoms. The van der Waals surface area contributed by atoms with E-state index >= 15 is 0 Å². The number of nitrogens with zero attached hydrogens (tertiary/aromatic N) is 2. The van der Waals surface area contributed by atoms with Crippen molar-refractivity contribution in [3.63, 3.8) is 0 Å². The van der Waals surface area contributed by atoms with Gasteiger partial charge in [0.1, 0.15) is 29.6 Å². The quantitative estimate of drug-likeness (QED) is 0.0599. The zero-order chi connectivity index (χ0) is 34.5. The average Bonchev–Trinajstić information content (AvgIpc) is 3.61. The minimum absolute atomic E-state index is 0.0169. The maximum absolute atomic E-state index is 13.9. The number of methoxy groups -OCH3 is 3. The van der Waals surface area contributed by atoms with Gasteiger partial charge < -0.3 is 28.8 Å². The number of ether oxygens (including phenoxy) is 5. The molecule has 1 fully saturated rings. The number of hydrogen-bond donors (Lipinski definition) is 1. The average molecular weight is 671 g/mol. The molecule has 0 aliphatic carbocycles. The molecule has 48 heavy (non-hydrogen) atoms. The molecule has 5 rings (SSSR count). The zero-order valence-corrected chi connectivity index (χ0v) is 27.9. The Morgan fingerprint density at radius 2 is 1.67 bits per heavy atom. The molecule has 1 saturated heterocycles. The van der Waals surface area contributed by atoms with Crippen LogP contribution in [0.3, 0.4) is 0 Å². The highest BCUT2D eigenvalue weighted by Gasteiger charge is 2.49. The Hall–Kier alpha value is -5.62. The predicted molar refractivity (Wildman–Crippen MR) is 180 cm³/mol. The Bertz CT molecular complexity index is 1890. The number of aryl methyl sites for hydroxylation is 2. The van der Waals surface area contributed by atoms with Crippen molar-refractivity contribution in [3.05, 3.63) is 112 Å². The van der Waals surface area contributed by atoms with Crippen molar-refractivity contribution >= 4 is 39.9 Å². The fourth-order valence-electron chi connectivity index (χ4n) is 5.33. The molecule has 1 unspecified atom stereocenters. The summed E-state index contributed by atoms with van der Waals surface area (Å²) >= 11 is 0.890. The lowest BCUT2D eigenvalue weighted by Crippen LogP contribution is -2.29. The van der Waals surface area contributed by atoms with Crippen molar-refractivity contribution in [1.29, 1.82) is 0 Å². The van der Waals surface area contributed by atoms with Crippen molar-refractivity contribution in [1.82, 2.24) is 4.98 Å². The lowest BCUT2D eigenvalue weighted by molar-refractivity contribution is -0.132. The summed E-state index contributed by atoms with van der Waals surface area (Å²) in [5.41, 5.74) is 2.44. The molecule has 2 heterocycles. The molecule has 0 spiro atoms. The lowest BCUT2D eigenvalue weighted by atomic mass is 9.94.